The van der Waals surface area contributed by atoms with Crippen LogP contribution in [0.25, 0.3) is 10.9 Å². The largest absolute Gasteiger partial charge is 1.00 e. The number of hydrogen-bond donors (Lipinski definition) is 0. The molecule has 0 aliphatic heterocycles. The second-order valence-electron chi connectivity index (χ2n) is 3.24. The molecule has 1 aromatic carbocycles. The van der Waals surface area contributed by atoms with Crippen molar-refractivity contribution in [1.82, 2.24) is 4.57 Å². The second-order valence-corrected chi connectivity index (χ2v) is 3.24. The summed E-state index contributed by atoms with van der Waals surface area (Å²) in [4.78, 5) is 0. The van der Waals surface area contributed by atoms with Crippen molar-refractivity contribution in [2.45, 2.75) is 6.44 Å². The van der Waals surface area contributed by atoms with E-state index in [2.05, 4.69) is 0 Å². The second kappa shape index (κ2) is 5.05. The molecule has 0 aliphatic carbocycles. The van der Waals surface area contributed by atoms with Crippen molar-refractivity contribution in [3.8, 4) is 0 Å². The maximum atomic E-state index is 12.2. The zero-order chi connectivity index (χ0) is 10.2. The van der Waals surface area contributed by atoms with Crippen LogP contribution in [0.3, 0.4) is 0 Å². The summed E-state index contributed by atoms with van der Waals surface area (Å²) >= 11 is 0. The molecule has 0 saturated heterocycles. The number of benzene rings is 1. The molecule has 0 radical (unpaired) electrons. The van der Waals surface area contributed by atoms with Gasteiger partial charge in [-0.05, 0) is 24.0 Å². The predicted molar refractivity (Wildman–Crippen MR) is 51.0 cm³/mol. The van der Waals surface area contributed by atoms with Gasteiger partial charge < -0.3 is 17.5 Å². The fraction of sp³-hybridized carbons (Fsp3) is 0.111. The fourth-order valence-electron chi connectivity index (χ4n) is 1.52. The molecular formula is C9H8BF3KN. The molecular weight excluding hydrogens is 229 g/mol. The van der Waals surface area contributed by atoms with E-state index in [-0.39, 0.29) is 51.4 Å². The maximum Gasteiger partial charge on any atom is 1.00 e. The molecule has 0 bridgehead atoms. The van der Waals surface area contributed by atoms with Gasteiger partial charge in [-0.25, -0.2) is 0 Å². The monoisotopic (exact) mass is 237 g/mol. The van der Waals surface area contributed by atoms with Gasteiger partial charge in [0.2, 0.25) is 0 Å². The van der Waals surface area contributed by atoms with Crippen molar-refractivity contribution in [2.24, 2.45) is 0 Å². The molecule has 15 heavy (non-hydrogen) atoms. The molecule has 74 valence electrons. The smallest absolute Gasteiger partial charge is 0.448 e. The third-order valence-corrected chi connectivity index (χ3v) is 2.08. The molecule has 0 atom stereocenters. The zero-order valence-electron chi connectivity index (χ0n) is 8.33. The zero-order valence-corrected chi connectivity index (χ0v) is 11.5. The Morgan fingerprint density at radius 2 is 1.73 bits per heavy atom. The van der Waals surface area contributed by atoms with Crippen LogP contribution in [0.5, 0.6) is 0 Å². The Kier molecular flexibility index (Phi) is 4.49. The summed E-state index contributed by atoms with van der Waals surface area (Å²) in [5.74, 6) is 0. The van der Waals surface area contributed by atoms with Crippen molar-refractivity contribution in [1.29, 1.82) is 0 Å². The molecule has 6 heteroatoms. The first-order chi connectivity index (χ1) is 6.56. The van der Waals surface area contributed by atoms with E-state index in [1.807, 2.05) is 6.07 Å². The third-order valence-electron chi connectivity index (χ3n) is 2.08. The molecule has 0 amide bonds. The summed E-state index contributed by atoms with van der Waals surface area (Å²) in [6.45, 7) is -4.77. The van der Waals surface area contributed by atoms with E-state index in [4.69, 9.17) is 0 Å². The minimum atomic E-state index is -4.77. The van der Waals surface area contributed by atoms with Crippen LogP contribution in [0.1, 0.15) is 0 Å². The van der Waals surface area contributed by atoms with Crippen molar-refractivity contribution >= 4 is 17.9 Å². The first-order valence-corrected chi connectivity index (χ1v) is 4.31. The number of nitrogens with zero attached hydrogens (tertiary/aromatic N) is 1. The van der Waals surface area contributed by atoms with E-state index >= 15 is 0 Å². The summed E-state index contributed by atoms with van der Waals surface area (Å²) in [6, 6.07) is 8.73. The molecule has 1 heterocycles. The molecule has 2 aromatic rings. The van der Waals surface area contributed by atoms with Gasteiger partial charge in [-0.3, -0.25) is 0 Å². The minimum absolute atomic E-state index is 0. The van der Waals surface area contributed by atoms with Gasteiger partial charge in [-0.2, -0.15) is 0 Å². The Bertz CT molecular complexity index is 452. The average molecular weight is 237 g/mol. The van der Waals surface area contributed by atoms with Gasteiger partial charge in [-0.15, -0.1) is 0 Å². The standard InChI is InChI=1S/C9H8BF3N.K/c11-10(12,13)7-14-6-5-8-3-1-2-4-9(8)14;/h1-6H,7H2;/q-1;+1. The van der Waals surface area contributed by atoms with Crippen LogP contribution in [0.4, 0.5) is 12.9 Å². The van der Waals surface area contributed by atoms with E-state index in [9.17, 15) is 12.9 Å². The van der Waals surface area contributed by atoms with Gasteiger partial charge in [0.25, 0.3) is 0 Å². The average Bonchev–Trinajstić information content (AvgIpc) is 2.47. The Morgan fingerprint density at radius 3 is 2.40 bits per heavy atom. The van der Waals surface area contributed by atoms with Gasteiger partial charge in [0.15, 0.2) is 0 Å². The first kappa shape index (κ1) is 13.3. The van der Waals surface area contributed by atoms with Crippen molar-refractivity contribution in [3.05, 3.63) is 36.5 Å². The minimum Gasteiger partial charge on any atom is -0.448 e. The molecule has 0 N–H and O–H groups in total. The fourth-order valence-corrected chi connectivity index (χ4v) is 1.52. The van der Waals surface area contributed by atoms with Crippen LogP contribution in [0.2, 0.25) is 0 Å². The summed E-state index contributed by atoms with van der Waals surface area (Å²) < 4.78 is 37.8. The van der Waals surface area contributed by atoms with Crippen LogP contribution >= 0.6 is 0 Å². The van der Waals surface area contributed by atoms with Crippen LogP contribution in [0.15, 0.2) is 36.5 Å². The molecule has 1 nitrogen and oxygen atoms in total. The number of fused-ring (bicyclic) bond motifs is 1. The van der Waals surface area contributed by atoms with Crippen molar-refractivity contribution < 1.29 is 64.3 Å². The van der Waals surface area contributed by atoms with Crippen LogP contribution in [-0.2, 0) is 6.44 Å². The summed E-state index contributed by atoms with van der Waals surface area (Å²) in [6.07, 6.45) is 0.605. The number of aromatic nitrogens is 1. The van der Waals surface area contributed by atoms with Gasteiger partial charge in [0.1, 0.15) is 0 Å². The van der Waals surface area contributed by atoms with Gasteiger partial charge in [-0.1, -0.05) is 18.2 Å². The Hall–Kier alpha value is 0.251. The molecule has 1 aromatic heterocycles. The summed E-state index contributed by atoms with van der Waals surface area (Å²) in [5, 5.41) is 0.840. The number of para-hydroxylation sites is 1. The maximum absolute atomic E-state index is 12.2. The van der Waals surface area contributed by atoms with Gasteiger partial charge in [0.05, 0.1) is 0 Å². The van der Waals surface area contributed by atoms with Gasteiger partial charge >= 0.3 is 58.4 Å². The summed E-state index contributed by atoms with van der Waals surface area (Å²) in [5.41, 5.74) is 0.631. The van der Waals surface area contributed by atoms with Crippen LogP contribution in [-0.4, -0.2) is 11.5 Å². The van der Waals surface area contributed by atoms with Crippen LogP contribution in [0, 0.1) is 0 Å². The molecule has 0 fully saturated rings. The Morgan fingerprint density at radius 1 is 1.07 bits per heavy atom. The molecule has 0 unspecified atom stereocenters. The quantitative estimate of drug-likeness (QED) is 0.649. The number of rotatable bonds is 2. The molecule has 0 saturated carbocycles. The molecule has 2 rings (SSSR count). The van der Waals surface area contributed by atoms with E-state index in [0.29, 0.717) is 5.52 Å². The molecule has 0 aliphatic rings. The topological polar surface area (TPSA) is 4.93 Å². The SMILES string of the molecule is F[B-](F)(F)Cn1ccc2ccccc21.[K+]. The summed E-state index contributed by atoms with van der Waals surface area (Å²) in [7, 11) is 0. The van der Waals surface area contributed by atoms with Crippen LogP contribution < -0.4 is 51.4 Å². The predicted octanol–water partition coefficient (Wildman–Crippen LogP) is 0.0319. The van der Waals surface area contributed by atoms with E-state index in [1.165, 1.54) is 10.8 Å². The first-order valence-electron chi connectivity index (χ1n) is 4.31. The Labute approximate surface area is 128 Å². The van der Waals surface area contributed by atoms with Crippen molar-refractivity contribution in [3.63, 3.8) is 0 Å². The number of hydrogen-bond acceptors (Lipinski definition) is 0. The third kappa shape index (κ3) is 3.35. The van der Waals surface area contributed by atoms with E-state index in [1.54, 1.807) is 24.3 Å². The van der Waals surface area contributed by atoms with Crippen molar-refractivity contribution in [2.75, 3.05) is 0 Å². The van der Waals surface area contributed by atoms with E-state index < -0.39 is 13.4 Å². The normalized spacial score (nSPS) is 11.4. The Balaban J connectivity index is 0.00000112. The van der Waals surface area contributed by atoms with Gasteiger partial charge in [0, 0.05) is 11.7 Å². The van der Waals surface area contributed by atoms with E-state index in [0.717, 1.165) is 5.39 Å². The number of halogens is 3. The molecule has 0 spiro atoms.